The number of rotatable bonds is 1. The molecule has 0 radical (unpaired) electrons. The number of hydrogen-bond acceptors (Lipinski definition) is 1. The van der Waals surface area contributed by atoms with Crippen molar-refractivity contribution in [1.82, 2.24) is 0 Å². The first kappa shape index (κ1) is 16.1. The van der Waals surface area contributed by atoms with E-state index in [9.17, 15) is 0 Å². The minimum absolute atomic E-state index is 0. The molecule has 0 aliphatic heterocycles. The van der Waals surface area contributed by atoms with Gasteiger partial charge < -0.3 is 29.0 Å². The molecule has 0 saturated heterocycles. The van der Waals surface area contributed by atoms with Gasteiger partial charge in [-0.2, -0.15) is 6.42 Å². The first-order chi connectivity index (χ1) is 2.56. The summed E-state index contributed by atoms with van der Waals surface area (Å²) in [5.74, 6) is 0. The minimum atomic E-state index is -0.569. The van der Waals surface area contributed by atoms with Crippen LogP contribution in [0.15, 0.2) is 0 Å². The van der Waals surface area contributed by atoms with Crippen molar-refractivity contribution in [1.29, 1.82) is 0 Å². The van der Waals surface area contributed by atoms with Crippen LogP contribution >= 0.6 is 0 Å². The van der Waals surface area contributed by atoms with Gasteiger partial charge in [-0.1, -0.05) is 0 Å². The van der Waals surface area contributed by atoms with Gasteiger partial charge in [0.1, 0.15) is 0 Å². The second-order valence-electron chi connectivity index (χ2n) is 2.06. The zero-order valence-corrected chi connectivity index (χ0v) is 8.45. The molecule has 1 N–H and O–H groups in total. The molecule has 8 heavy (non-hydrogen) atoms. The maximum Gasteiger partial charge on any atom is 2.00 e. The fourth-order valence-electron chi connectivity index (χ4n) is 0. The average Bonchev–Trinajstić information content (AvgIpc) is 1.35. The first-order valence-corrected chi connectivity index (χ1v) is 2.08. The fourth-order valence-corrected chi connectivity index (χ4v) is 0. The van der Waals surface area contributed by atoms with Crippen LogP contribution in [0.4, 0.5) is 0 Å². The van der Waals surface area contributed by atoms with Gasteiger partial charge >= 0.3 is 23.1 Å². The van der Waals surface area contributed by atoms with Gasteiger partial charge in [0.25, 0.3) is 0 Å². The van der Waals surface area contributed by atoms with Crippen LogP contribution in [0.25, 0.3) is 0 Å². The molecule has 1 nitrogen and oxygen atoms in total. The predicted octanol–water partition coefficient (Wildman–Crippen LogP) is -2.40. The van der Waals surface area contributed by atoms with Crippen LogP contribution in [0.2, 0.25) is 0 Å². The molecule has 46 valence electrons. The third kappa shape index (κ3) is 15.7. The van der Waals surface area contributed by atoms with E-state index in [0.29, 0.717) is 6.42 Å². The Morgan fingerprint density at radius 3 is 1.62 bits per heavy atom. The molecule has 0 fully saturated rings. The molecule has 0 aromatic heterocycles. The Kier molecular flexibility index (Phi) is 12.7. The molecule has 3 heteroatoms. The Balaban J connectivity index is -0.000000125. The first-order valence-electron chi connectivity index (χ1n) is 2.08. The quantitative estimate of drug-likeness (QED) is 0.362. The number of hydrogen-bond donors (Lipinski definition) is 1. The van der Waals surface area contributed by atoms with Gasteiger partial charge in [-0.05, 0) is 13.8 Å². The van der Waals surface area contributed by atoms with Crippen molar-refractivity contribution in [3.8, 4) is 0 Å². The van der Waals surface area contributed by atoms with E-state index in [0.717, 1.165) is 0 Å². The summed E-state index contributed by atoms with van der Waals surface area (Å²) >= 11 is 0. The van der Waals surface area contributed by atoms with Crippen molar-refractivity contribution in [2.75, 3.05) is 0 Å². The van der Waals surface area contributed by atoms with Crippen LogP contribution in [-0.4, -0.2) is 33.8 Å². The van der Waals surface area contributed by atoms with Crippen LogP contribution in [0.1, 0.15) is 20.3 Å². The molecular weight excluding hydrogens is 180 g/mol. The zero-order chi connectivity index (χ0) is 5.21. The molecule has 0 heterocycles. The van der Waals surface area contributed by atoms with Crippen LogP contribution in [0.5, 0.6) is 0 Å². The summed E-state index contributed by atoms with van der Waals surface area (Å²) in [6.45, 7) is 6.98. The smallest absolute Gasteiger partial charge is 1.00 e. The second-order valence-corrected chi connectivity index (χ2v) is 2.06. The minimum Gasteiger partial charge on any atom is -1.00 e. The summed E-state index contributed by atoms with van der Waals surface area (Å²) in [5, 5.41) is 8.76. The SMILES string of the molecule is [Br-].[CH2-]CC(C)(C)O.[Mg+2]. The summed E-state index contributed by atoms with van der Waals surface area (Å²) in [6, 6.07) is 0. The maximum atomic E-state index is 8.76. The average molecular weight is 191 g/mol. The van der Waals surface area contributed by atoms with Gasteiger partial charge in [-0.3, -0.25) is 0 Å². The van der Waals surface area contributed by atoms with Crippen molar-refractivity contribution in [2.24, 2.45) is 0 Å². The number of halogens is 1. The van der Waals surface area contributed by atoms with E-state index < -0.39 is 5.60 Å². The molecule has 0 rings (SSSR count). The monoisotopic (exact) mass is 190 g/mol. The molecule has 0 unspecified atom stereocenters. The standard InChI is InChI=1S/C5H11O.BrH.Mg/c1-4-5(2,3)6;;/h6H,1,4H2,2-3H3;1H;/q-1;;+2/p-1. The Bertz CT molecular complexity index is 42.2. The Morgan fingerprint density at radius 1 is 1.50 bits per heavy atom. The summed E-state index contributed by atoms with van der Waals surface area (Å²) in [7, 11) is 0. The predicted molar refractivity (Wildman–Crippen MR) is 32.0 cm³/mol. The third-order valence-electron chi connectivity index (χ3n) is 0.612. The zero-order valence-electron chi connectivity index (χ0n) is 5.45. The normalized spacial score (nSPS) is 9.00. The van der Waals surface area contributed by atoms with E-state index in [4.69, 9.17) is 5.11 Å². The van der Waals surface area contributed by atoms with E-state index in [1.54, 1.807) is 13.8 Å². The van der Waals surface area contributed by atoms with Gasteiger partial charge in [-0.15, -0.1) is 0 Å². The molecule has 0 aliphatic rings. The van der Waals surface area contributed by atoms with Gasteiger partial charge in [0.15, 0.2) is 0 Å². The summed E-state index contributed by atoms with van der Waals surface area (Å²) in [4.78, 5) is 0. The summed E-state index contributed by atoms with van der Waals surface area (Å²) in [5.41, 5.74) is -0.569. The van der Waals surface area contributed by atoms with E-state index in [1.165, 1.54) is 0 Å². The summed E-state index contributed by atoms with van der Waals surface area (Å²) in [6.07, 6.45) is 0.576. The van der Waals surface area contributed by atoms with Gasteiger partial charge in [-0.25, -0.2) is 0 Å². The van der Waals surface area contributed by atoms with Gasteiger partial charge in [0, 0.05) is 5.60 Å². The summed E-state index contributed by atoms with van der Waals surface area (Å²) < 4.78 is 0. The molecule has 0 aromatic carbocycles. The largest absolute Gasteiger partial charge is 2.00 e. The molecule has 0 spiro atoms. The molecule has 0 saturated carbocycles. The molecule has 0 amide bonds. The topological polar surface area (TPSA) is 20.2 Å². The maximum absolute atomic E-state index is 8.76. The molecule has 0 aliphatic carbocycles. The van der Waals surface area contributed by atoms with Crippen LogP contribution in [0, 0.1) is 6.92 Å². The van der Waals surface area contributed by atoms with Crippen molar-refractivity contribution >= 4 is 23.1 Å². The Hall–Kier alpha value is 1.21. The van der Waals surface area contributed by atoms with E-state index in [-0.39, 0.29) is 40.0 Å². The van der Waals surface area contributed by atoms with Crippen LogP contribution in [0.3, 0.4) is 0 Å². The molecular formula is C5H11BrMgO. The van der Waals surface area contributed by atoms with Gasteiger partial charge in [0.05, 0.1) is 0 Å². The van der Waals surface area contributed by atoms with E-state index >= 15 is 0 Å². The van der Waals surface area contributed by atoms with Crippen molar-refractivity contribution in [2.45, 2.75) is 25.9 Å². The number of aliphatic hydroxyl groups is 1. The fraction of sp³-hybridized carbons (Fsp3) is 0.800. The van der Waals surface area contributed by atoms with Crippen LogP contribution in [-0.2, 0) is 0 Å². The van der Waals surface area contributed by atoms with Crippen molar-refractivity contribution in [3.63, 3.8) is 0 Å². The molecule has 0 aromatic rings. The van der Waals surface area contributed by atoms with Gasteiger partial charge in [0.2, 0.25) is 0 Å². The van der Waals surface area contributed by atoms with Crippen molar-refractivity contribution < 1.29 is 22.1 Å². The molecule has 0 atom stereocenters. The molecule has 0 bridgehead atoms. The van der Waals surface area contributed by atoms with E-state index in [1.807, 2.05) is 0 Å². The Labute approximate surface area is 77.8 Å². The van der Waals surface area contributed by atoms with Crippen molar-refractivity contribution in [3.05, 3.63) is 6.92 Å². The Morgan fingerprint density at radius 2 is 1.62 bits per heavy atom. The van der Waals surface area contributed by atoms with Crippen LogP contribution < -0.4 is 17.0 Å². The second kappa shape index (κ2) is 6.33. The third-order valence-corrected chi connectivity index (χ3v) is 0.612. The van der Waals surface area contributed by atoms with E-state index in [2.05, 4.69) is 6.92 Å².